The minimum atomic E-state index is -1.10. The SMILES string of the molecule is CCCSc1nnc2c(n1)OC(c1cccc(OC)c1OCC(=O)O)Nc1ccc(Br)cc1-2. The molecule has 1 aliphatic heterocycles. The topological polar surface area (TPSA) is 116 Å². The number of methoxy groups -OCH3 is 1. The molecule has 0 saturated carbocycles. The van der Waals surface area contributed by atoms with Crippen molar-refractivity contribution in [2.24, 2.45) is 0 Å². The fourth-order valence-corrected chi connectivity index (χ4v) is 4.25. The lowest BCUT2D eigenvalue weighted by atomic mass is 10.1. The molecule has 2 aromatic carbocycles. The molecule has 2 heterocycles. The van der Waals surface area contributed by atoms with Gasteiger partial charge in [-0.15, -0.1) is 10.2 Å². The Kier molecular flexibility index (Phi) is 7.19. The molecule has 0 saturated heterocycles. The van der Waals surface area contributed by atoms with Crippen LogP contribution >= 0.6 is 27.7 Å². The van der Waals surface area contributed by atoms with Gasteiger partial charge < -0.3 is 24.6 Å². The van der Waals surface area contributed by atoms with Crippen LogP contribution in [0.15, 0.2) is 46.0 Å². The van der Waals surface area contributed by atoms with Crippen LogP contribution < -0.4 is 19.5 Å². The van der Waals surface area contributed by atoms with E-state index in [1.807, 2.05) is 18.2 Å². The molecule has 11 heteroatoms. The number of rotatable bonds is 8. The van der Waals surface area contributed by atoms with E-state index < -0.39 is 18.8 Å². The average molecular weight is 533 g/mol. The van der Waals surface area contributed by atoms with Crippen molar-refractivity contribution in [2.75, 3.05) is 24.8 Å². The van der Waals surface area contributed by atoms with Gasteiger partial charge in [0.2, 0.25) is 17.3 Å². The smallest absolute Gasteiger partial charge is 0.341 e. The first-order valence-corrected chi connectivity index (χ1v) is 11.9. The maximum absolute atomic E-state index is 11.2. The number of para-hydroxylation sites is 1. The van der Waals surface area contributed by atoms with Crippen molar-refractivity contribution in [3.8, 4) is 28.6 Å². The van der Waals surface area contributed by atoms with Crippen LogP contribution in [0.4, 0.5) is 5.69 Å². The molecule has 0 spiro atoms. The summed E-state index contributed by atoms with van der Waals surface area (Å²) >= 11 is 5.01. The first-order chi connectivity index (χ1) is 16.0. The monoisotopic (exact) mass is 532 g/mol. The maximum Gasteiger partial charge on any atom is 0.341 e. The number of nitrogens with zero attached hydrogens (tertiary/aromatic N) is 3. The second-order valence-electron chi connectivity index (χ2n) is 6.99. The Balaban J connectivity index is 1.82. The van der Waals surface area contributed by atoms with Crippen LogP contribution in [0.2, 0.25) is 0 Å². The third kappa shape index (κ3) is 5.14. The molecule has 1 aromatic heterocycles. The Hall–Kier alpha value is -3.05. The Labute approximate surface area is 203 Å². The second kappa shape index (κ2) is 10.3. The lowest BCUT2D eigenvalue weighted by Crippen LogP contribution is -2.20. The number of thioether (sulfide) groups is 1. The summed E-state index contributed by atoms with van der Waals surface area (Å²) in [5.41, 5.74) is 2.57. The summed E-state index contributed by atoms with van der Waals surface area (Å²) < 4.78 is 18.2. The lowest BCUT2D eigenvalue weighted by molar-refractivity contribution is -0.139. The number of anilines is 1. The molecule has 2 N–H and O–H groups in total. The highest BCUT2D eigenvalue weighted by Gasteiger charge is 2.29. The van der Waals surface area contributed by atoms with E-state index in [0.717, 1.165) is 27.9 Å². The van der Waals surface area contributed by atoms with Crippen molar-refractivity contribution in [1.29, 1.82) is 0 Å². The number of aromatic nitrogens is 3. The summed E-state index contributed by atoms with van der Waals surface area (Å²) in [5.74, 6) is 0.721. The molecule has 172 valence electrons. The highest BCUT2D eigenvalue weighted by molar-refractivity contribution is 9.10. The van der Waals surface area contributed by atoms with Crippen LogP contribution in [0.3, 0.4) is 0 Å². The molecule has 1 unspecified atom stereocenters. The van der Waals surface area contributed by atoms with Crippen LogP contribution in [0.1, 0.15) is 25.1 Å². The van der Waals surface area contributed by atoms with Crippen molar-refractivity contribution in [2.45, 2.75) is 24.7 Å². The molecule has 0 aliphatic carbocycles. The largest absolute Gasteiger partial charge is 0.493 e. The molecule has 0 bridgehead atoms. The number of carbonyl (C=O) groups is 1. The minimum absolute atomic E-state index is 0.268. The van der Waals surface area contributed by atoms with E-state index in [-0.39, 0.29) is 5.75 Å². The summed E-state index contributed by atoms with van der Waals surface area (Å²) in [4.78, 5) is 15.8. The number of ether oxygens (including phenoxy) is 3. The third-order valence-corrected chi connectivity index (χ3v) is 6.21. The van der Waals surface area contributed by atoms with Gasteiger partial charge in [-0.25, -0.2) is 4.79 Å². The minimum Gasteiger partial charge on any atom is -0.493 e. The Bertz CT molecular complexity index is 1180. The van der Waals surface area contributed by atoms with Crippen LogP contribution in [-0.2, 0) is 4.79 Å². The molecule has 0 radical (unpaired) electrons. The summed E-state index contributed by atoms with van der Waals surface area (Å²) in [6.07, 6.45) is 0.214. The average Bonchev–Trinajstić information content (AvgIpc) is 2.97. The Morgan fingerprint density at radius 3 is 2.91 bits per heavy atom. The number of nitrogens with one attached hydrogen (secondary N) is 1. The Morgan fingerprint density at radius 1 is 1.30 bits per heavy atom. The number of fused-ring (bicyclic) bond motifs is 3. The zero-order valence-corrected chi connectivity index (χ0v) is 20.3. The molecule has 0 amide bonds. The van der Waals surface area contributed by atoms with E-state index in [4.69, 9.17) is 19.3 Å². The molecule has 9 nitrogen and oxygen atoms in total. The highest BCUT2D eigenvalue weighted by atomic mass is 79.9. The van der Waals surface area contributed by atoms with Crippen molar-refractivity contribution in [3.63, 3.8) is 0 Å². The van der Waals surface area contributed by atoms with Gasteiger partial charge >= 0.3 is 5.97 Å². The molecular weight excluding hydrogens is 512 g/mol. The maximum atomic E-state index is 11.2. The molecule has 1 aliphatic rings. The molecule has 33 heavy (non-hydrogen) atoms. The number of aliphatic carboxylic acids is 1. The van der Waals surface area contributed by atoms with Gasteiger partial charge in [-0.2, -0.15) is 4.98 Å². The van der Waals surface area contributed by atoms with E-state index in [0.29, 0.717) is 28.0 Å². The van der Waals surface area contributed by atoms with Crippen molar-refractivity contribution in [3.05, 3.63) is 46.4 Å². The van der Waals surface area contributed by atoms with Gasteiger partial charge in [0.15, 0.2) is 23.8 Å². The highest BCUT2D eigenvalue weighted by Crippen LogP contribution is 2.44. The number of benzene rings is 2. The van der Waals surface area contributed by atoms with Crippen molar-refractivity contribution < 1.29 is 24.1 Å². The standard InChI is InChI=1S/C22H21BrN4O5S/c1-3-9-33-22-25-21-18(26-27-22)14-10-12(23)7-8-15(14)24-20(32-21)13-5-4-6-16(30-2)19(13)31-11-17(28)29/h4-8,10,20,24H,3,9,11H2,1-2H3,(H,28,29). The predicted octanol–water partition coefficient (Wildman–Crippen LogP) is 4.78. The number of carboxylic acid groups (broad SMARTS) is 1. The number of carboxylic acids is 1. The van der Waals surface area contributed by atoms with Gasteiger partial charge in [0, 0.05) is 21.5 Å². The van der Waals surface area contributed by atoms with E-state index >= 15 is 0 Å². The fourth-order valence-electron chi connectivity index (χ4n) is 3.25. The number of halogens is 1. The van der Waals surface area contributed by atoms with Crippen LogP contribution in [0, 0.1) is 0 Å². The van der Waals surface area contributed by atoms with Gasteiger partial charge in [0.05, 0.1) is 12.7 Å². The molecule has 0 fully saturated rings. The first kappa shape index (κ1) is 23.1. The number of hydrogen-bond donors (Lipinski definition) is 2. The van der Waals surface area contributed by atoms with Crippen molar-refractivity contribution >= 4 is 39.3 Å². The zero-order valence-electron chi connectivity index (χ0n) is 17.9. The van der Waals surface area contributed by atoms with E-state index in [9.17, 15) is 4.79 Å². The van der Waals surface area contributed by atoms with E-state index in [1.54, 1.807) is 18.2 Å². The molecule has 1 atom stereocenters. The molecule has 4 rings (SSSR count). The lowest BCUT2D eigenvalue weighted by Gasteiger charge is -2.23. The van der Waals surface area contributed by atoms with Crippen molar-refractivity contribution in [1.82, 2.24) is 15.2 Å². The van der Waals surface area contributed by atoms with Gasteiger partial charge in [-0.05, 0) is 36.8 Å². The zero-order chi connectivity index (χ0) is 23.4. The summed E-state index contributed by atoms with van der Waals surface area (Å²) in [6, 6.07) is 11.0. The molecular formula is C22H21BrN4O5S. The van der Waals surface area contributed by atoms with E-state index in [2.05, 4.69) is 43.4 Å². The predicted molar refractivity (Wildman–Crippen MR) is 127 cm³/mol. The van der Waals surface area contributed by atoms with Crippen LogP contribution in [0.25, 0.3) is 11.3 Å². The van der Waals surface area contributed by atoms with Gasteiger partial charge in [-0.3, -0.25) is 0 Å². The Morgan fingerprint density at radius 2 is 2.15 bits per heavy atom. The van der Waals surface area contributed by atoms with Crippen LogP contribution in [-0.4, -0.2) is 45.7 Å². The molecule has 3 aromatic rings. The summed E-state index contributed by atoms with van der Waals surface area (Å²) in [7, 11) is 1.49. The first-order valence-electron chi connectivity index (χ1n) is 10.1. The van der Waals surface area contributed by atoms with Gasteiger partial charge in [0.1, 0.15) is 0 Å². The van der Waals surface area contributed by atoms with Gasteiger partial charge in [-0.1, -0.05) is 40.7 Å². The summed E-state index contributed by atoms with van der Waals surface area (Å²) in [5, 5.41) is 21.7. The van der Waals surface area contributed by atoms with E-state index in [1.165, 1.54) is 18.9 Å². The summed E-state index contributed by atoms with van der Waals surface area (Å²) in [6.45, 7) is 1.55. The number of hydrogen-bond acceptors (Lipinski definition) is 9. The normalized spacial score (nSPS) is 14.2. The fraction of sp³-hybridized carbons (Fsp3) is 0.273. The quantitative estimate of drug-likeness (QED) is 0.392. The van der Waals surface area contributed by atoms with Crippen LogP contribution in [0.5, 0.6) is 17.4 Å². The third-order valence-electron chi connectivity index (χ3n) is 4.68. The van der Waals surface area contributed by atoms with Gasteiger partial charge in [0.25, 0.3) is 0 Å². The second-order valence-corrected chi connectivity index (χ2v) is 8.97.